The molecule has 8 heteroatoms. The van der Waals surface area contributed by atoms with E-state index in [1.165, 1.54) is 0 Å². The van der Waals surface area contributed by atoms with Crippen molar-refractivity contribution in [1.82, 2.24) is 15.1 Å². The highest BCUT2D eigenvalue weighted by atomic mass is 79.9. The van der Waals surface area contributed by atoms with Gasteiger partial charge in [-0.1, -0.05) is 23.7 Å². The number of carbonyl (C=O) groups is 1. The van der Waals surface area contributed by atoms with Crippen LogP contribution in [0.25, 0.3) is 11.3 Å². The molecule has 2 aromatic heterocycles. The summed E-state index contributed by atoms with van der Waals surface area (Å²) in [5, 5.41) is 9.36. The van der Waals surface area contributed by atoms with Gasteiger partial charge in [-0.25, -0.2) is 0 Å². The minimum absolute atomic E-state index is 0.0930. The summed E-state index contributed by atoms with van der Waals surface area (Å²) < 4.78 is 5.91. The van der Waals surface area contributed by atoms with E-state index >= 15 is 0 Å². The largest absolute Gasteiger partial charge is 0.444 e. The molecule has 6 nitrogen and oxygen atoms in total. The fourth-order valence-electron chi connectivity index (χ4n) is 2.99. The van der Waals surface area contributed by atoms with E-state index in [1.807, 2.05) is 36.4 Å². The molecule has 27 heavy (non-hydrogen) atoms. The second kappa shape index (κ2) is 7.70. The van der Waals surface area contributed by atoms with Gasteiger partial charge in [0.05, 0.1) is 5.69 Å². The van der Waals surface area contributed by atoms with Crippen LogP contribution in [-0.2, 0) is 0 Å². The van der Waals surface area contributed by atoms with E-state index in [0.29, 0.717) is 41.6 Å². The first-order chi connectivity index (χ1) is 13.1. The highest BCUT2D eigenvalue weighted by Gasteiger charge is 2.25. The number of piperazine rings is 1. The fourth-order valence-corrected chi connectivity index (χ4v) is 3.42. The standard InChI is InChI=1S/C19H16BrClN4O2/c20-17-7-6-16(27-17)19(26)25-11-9-24(10-12-25)18-8-5-15(22-23-18)13-1-3-14(21)4-2-13/h1-8H,9-12H2. The van der Waals surface area contributed by atoms with Crippen LogP contribution >= 0.6 is 27.5 Å². The van der Waals surface area contributed by atoms with Crippen LogP contribution in [0.5, 0.6) is 0 Å². The summed E-state index contributed by atoms with van der Waals surface area (Å²) in [5.74, 6) is 1.06. The van der Waals surface area contributed by atoms with Gasteiger partial charge in [0, 0.05) is 36.8 Å². The Morgan fingerprint density at radius 3 is 2.30 bits per heavy atom. The lowest BCUT2D eigenvalue weighted by molar-refractivity contribution is 0.0713. The van der Waals surface area contributed by atoms with Crippen LogP contribution < -0.4 is 4.90 Å². The van der Waals surface area contributed by atoms with Gasteiger partial charge in [-0.05, 0) is 52.3 Å². The fraction of sp³-hybridized carbons (Fsp3) is 0.211. The molecular formula is C19H16BrClN4O2. The van der Waals surface area contributed by atoms with E-state index in [0.717, 1.165) is 17.1 Å². The van der Waals surface area contributed by atoms with Crippen LogP contribution in [0.4, 0.5) is 5.82 Å². The van der Waals surface area contributed by atoms with Gasteiger partial charge in [-0.15, -0.1) is 10.2 Å². The Labute approximate surface area is 169 Å². The van der Waals surface area contributed by atoms with Gasteiger partial charge >= 0.3 is 0 Å². The number of benzene rings is 1. The summed E-state index contributed by atoms with van der Waals surface area (Å²) in [6.07, 6.45) is 0. The predicted octanol–water partition coefficient (Wildman–Crippen LogP) is 4.11. The van der Waals surface area contributed by atoms with Crippen LogP contribution in [0.2, 0.25) is 5.02 Å². The first-order valence-electron chi connectivity index (χ1n) is 8.49. The molecule has 0 aliphatic carbocycles. The third-order valence-corrected chi connectivity index (χ3v) is 5.14. The Bertz CT molecular complexity index is 935. The number of carbonyl (C=O) groups excluding carboxylic acids is 1. The second-order valence-corrected chi connectivity index (χ2v) is 7.38. The molecule has 1 aliphatic rings. The molecule has 3 heterocycles. The number of furan rings is 1. The van der Waals surface area contributed by atoms with Crippen molar-refractivity contribution < 1.29 is 9.21 Å². The lowest BCUT2D eigenvalue weighted by Gasteiger charge is -2.34. The molecule has 1 aromatic carbocycles. The molecule has 1 saturated heterocycles. The molecule has 138 valence electrons. The third-order valence-electron chi connectivity index (χ3n) is 4.47. The number of hydrogen-bond acceptors (Lipinski definition) is 5. The highest BCUT2D eigenvalue weighted by Crippen LogP contribution is 2.22. The van der Waals surface area contributed by atoms with Crippen molar-refractivity contribution in [1.29, 1.82) is 0 Å². The highest BCUT2D eigenvalue weighted by molar-refractivity contribution is 9.10. The van der Waals surface area contributed by atoms with Crippen molar-refractivity contribution >= 4 is 39.3 Å². The minimum Gasteiger partial charge on any atom is -0.444 e. The predicted molar refractivity (Wildman–Crippen MR) is 107 cm³/mol. The Morgan fingerprint density at radius 1 is 0.963 bits per heavy atom. The molecule has 0 spiro atoms. The number of nitrogens with zero attached hydrogens (tertiary/aromatic N) is 4. The number of aromatic nitrogens is 2. The molecule has 0 bridgehead atoms. The molecule has 1 amide bonds. The van der Waals surface area contributed by atoms with Crippen LogP contribution in [0, 0.1) is 0 Å². The summed E-state index contributed by atoms with van der Waals surface area (Å²) in [4.78, 5) is 16.4. The van der Waals surface area contributed by atoms with Gasteiger partial charge in [0.2, 0.25) is 0 Å². The zero-order valence-corrected chi connectivity index (χ0v) is 16.7. The zero-order chi connectivity index (χ0) is 18.8. The molecule has 1 aliphatic heterocycles. The van der Waals surface area contributed by atoms with Crippen molar-refractivity contribution in [3.8, 4) is 11.3 Å². The SMILES string of the molecule is O=C(c1ccc(Br)o1)N1CCN(c2ccc(-c3ccc(Cl)cc3)nn2)CC1. The van der Waals surface area contributed by atoms with Crippen molar-refractivity contribution in [2.45, 2.75) is 0 Å². The number of anilines is 1. The van der Waals surface area contributed by atoms with Crippen LogP contribution in [0.15, 0.2) is 57.6 Å². The van der Waals surface area contributed by atoms with Crippen LogP contribution in [0.3, 0.4) is 0 Å². The maximum atomic E-state index is 12.4. The number of amides is 1. The lowest BCUT2D eigenvalue weighted by atomic mass is 10.1. The summed E-state index contributed by atoms with van der Waals surface area (Å²) in [6.45, 7) is 2.61. The van der Waals surface area contributed by atoms with Crippen LogP contribution in [-0.4, -0.2) is 47.2 Å². The molecule has 0 unspecified atom stereocenters. The maximum Gasteiger partial charge on any atom is 0.289 e. The molecule has 1 fully saturated rings. The monoisotopic (exact) mass is 446 g/mol. The molecule has 0 N–H and O–H groups in total. The summed E-state index contributed by atoms with van der Waals surface area (Å²) in [7, 11) is 0. The molecule has 0 saturated carbocycles. The quantitative estimate of drug-likeness (QED) is 0.604. The van der Waals surface area contributed by atoms with Gasteiger partial charge in [-0.3, -0.25) is 4.79 Å². The number of rotatable bonds is 3. The Balaban J connectivity index is 1.39. The van der Waals surface area contributed by atoms with Gasteiger partial charge in [0.25, 0.3) is 5.91 Å². The summed E-state index contributed by atoms with van der Waals surface area (Å²) in [5.41, 5.74) is 1.77. The molecule has 0 atom stereocenters. The number of hydrogen-bond donors (Lipinski definition) is 0. The Morgan fingerprint density at radius 2 is 1.70 bits per heavy atom. The van der Waals surface area contributed by atoms with Gasteiger partial charge in [0.1, 0.15) is 0 Å². The van der Waals surface area contributed by atoms with E-state index in [1.54, 1.807) is 17.0 Å². The van der Waals surface area contributed by atoms with E-state index in [-0.39, 0.29) is 5.91 Å². The first-order valence-corrected chi connectivity index (χ1v) is 9.66. The molecular weight excluding hydrogens is 432 g/mol. The minimum atomic E-state index is -0.0930. The van der Waals surface area contributed by atoms with E-state index in [9.17, 15) is 4.79 Å². The Hall–Kier alpha value is -2.38. The van der Waals surface area contributed by atoms with E-state index < -0.39 is 0 Å². The topological polar surface area (TPSA) is 62.5 Å². The Kier molecular flexibility index (Phi) is 5.13. The molecule has 3 aromatic rings. The second-order valence-electron chi connectivity index (χ2n) is 6.17. The van der Waals surface area contributed by atoms with Crippen molar-refractivity contribution in [3.63, 3.8) is 0 Å². The lowest BCUT2D eigenvalue weighted by Crippen LogP contribution is -2.49. The summed E-state index contributed by atoms with van der Waals surface area (Å²) in [6, 6.07) is 14.8. The van der Waals surface area contributed by atoms with Crippen LogP contribution in [0.1, 0.15) is 10.6 Å². The average Bonchev–Trinajstić information content (AvgIpc) is 3.15. The van der Waals surface area contributed by atoms with Crippen molar-refractivity contribution in [3.05, 3.63) is 64.0 Å². The smallest absolute Gasteiger partial charge is 0.289 e. The van der Waals surface area contributed by atoms with Gasteiger partial charge in [-0.2, -0.15) is 0 Å². The maximum absolute atomic E-state index is 12.4. The normalized spacial score (nSPS) is 14.4. The molecule has 0 radical (unpaired) electrons. The number of halogens is 2. The van der Waals surface area contributed by atoms with E-state index in [2.05, 4.69) is 31.0 Å². The third kappa shape index (κ3) is 3.99. The summed E-state index contributed by atoms with van der Waals surface area (Å²) >= 11 is 9.14. The molecule has 4 rings (SSSR count). The van der Waals surface area contributed by atoms with Gasteiger partial charge in [0.15, 0.2) is 16.2 Å². The zero-order valence-electron chi connectivity index (χ0n) is 14.3. The van der Waals surface area contributed by atoms with E-state index in [4.69, 9.17) is 16.0 Å². The van der Waals surface area contributed by atoms with Crippen molar-refractivity contribution in [2.75, 3.05) is 31.1 Å². The van der Waals surface area contributed by atoms with Crippen molar-refractivity contribution in [2.24, 2.45) is 0 Å². The van der Waals surface area contributed by atoms with Gasteiger partial charge < -0.3 is 14.2 Å². The average molecular weight is 448 g/mol. The first kappa shape index (κ1) is 18.0.